The molecular formula is C10H15N5. The quantitative estimate of drug-likeness (QED) is 0.704. The van der Waals surface area contributed by atoms with Gasteiger partial charge >= 0.3 is 0 Å². The second-order valence-electron chi connectivity index (χ2n) is 3.62. The van der Waals surface area contributed by atoms with Crippen LogP contribution in [0.1, 0.15) is 31.6 Å². The number of H-pyrrole nitrogens is 1. The molecule has 2 aromatic rings. The molecule has 0 aliphatic rings. The summed E-state index contributed by atoms with van der Waals surface area (Å²) in [4.78, 5) is 11.6. The number of nitrogens with one attached hydrogen (secondary N) is 1. The van der Waals surface area contributed by atoms with Crippen LogP contribution in [0, 0.1) is 0 Å². The van der Waals surface area contributed by atoms with Gasteiger partial charge in [-0.05, 0) is 18.6 Å². The average Bonchev–Trinajstić information content (AvgIpc) is 2.60. The lowest BCUT2D eigenvalue weighted by molar-refractivity contribution is 0.610. The SMILES string of the molecule is CCCC(N)c1nc2nc(N)ccc2[nH]1. The number of aromatic amines is 1. The maximum atomic E-state index is 5.95. The summed E-state index contributed by atoms with van der Waals surface area (Å²) < 4.78 is 0. The van der Waals surface area contributed by atoms with Gasteiger partial charge in [0.05, 0.1) is 11.6 Å². The van der Waals surface area contributed by atoms with Gasteiger partial charge in [0.25, 0.3) is 0 Å². The Morgan fingerprint density at radius 1 is 1.40 bits per heavy atom. The lowest BCUT2D eigenvalue weighted by atomic mass is 10.2. The standard InChI is InChI=1S/C10H15N5/c1-2-3-6(11)9-13-7-4-5-8(12)14-10(7)15-9/h4-6H,2-3,11H2,1H3,(H3,12,13,14,15). The fourth-order valence-electron chi connectivity index (χ4n) is 1.55. The van der Waals surface area contributed by atoms with Crippen LogP contribution in [0.4, 0.5) is 5.82 Å². The summed E-state index contributed by atoms with van der Waals surface area (Å²) in [5.41, 5.74) is 13.0. The number of nitrogens with zero attached hydrogens (tertiary/aromatic N) is 2. The van der Waals surface area contributed by atoms with E-state index in [0.29, 0.717) is 11.5 Å². The van der Waals surface area contributed by atoms with Crippen LogP contribution in [-0.4, -0.2) is 15.0 Å². The molecule has 5 heteroatoms. The molecule has 0 aliphatic carbocycles. The van der Waals surface area contributed by atoms with Gasteiger partial charge in [-0.2, -0.15) is 0 Å². The first-order chi connectivity index (χ1) is 7.20. The number of rotatable bonds is 3. The van der Waals surface area contributed by atoms with Gasteiger partial charge in [0.1, 0.15) is 11.6 Å². The van der Waals surface area contributed by atoms with Gasteiger partial charge in [0.15, 0.2) is 5.65 Å². The molecule has 0 bridgehead atoms. The Morgan fingerprint density at radius 2 is 2.20 bits per heavy atom. The molecular weight excluding hydrogens is 190 g/mol. The summed E-state index contributed by atoms with van der Waals surface area (Å²) in [5.74, 6) is 1.26. The average molecular weight is 205 g/mol. The number of fused-ring (bicyclic) bond motifs is 1. The van der Waals surface area contributed by atoms with Crippen LogP contribution in [0.15, 0.2) is 12.1 Å². The Bertz CT molecular complexity index is 462. The summed E-state index contributed by atoms with van der Waals surface area (Å²) in [7, 11) is 0. The highest BCUT2D eigenvalue weighted by Gasteiger charge is 2.10. The number of nitrogens with two attached hydrogens (primary N) is 2. The van der Waals surface area contributed by atoms with Crippen molar-refractivity contribution in [3.8, 4) is 0 Å². The Hall–Kier alpha value is -1.62. The van der Waals surface area contributed by atoms with Crippen molar-refractivity contribution < 1.29 is 0 Å². The molecule has 2 heterocycles. The highest BCUT2D eigenvalue weighted by molar-refractivity contribution is 5.72. The van der Waals surface area contributed by atoms with Gasteiger partial charge in [0.2, 0.25) is 0 Å². The van der Waals surface area contributed by atoms with Crippen molar-refractivity contribution in [2.24, 2.45) is 5.73 Å². The summed E-state index contributed by atoms with van der Waals surface area (Å²) >= 11 is 0. The number of nitrogen functional groups attached to an aromatic ring is 1. The van der Waals surface area contributed by atoms with E-state index in [0.717, 1.165) is 24.2 Å². The summed E-state index contributed by atoms with van der Waals surface area (Å²) in [6.07, 6.45) is 1.95. The Balaban J connectivity index is 2.38. The summed E-state index contributed by atoms with van der Waals surface area (Å²) in [6.45, 7) is 2.10. The molecule has 0 aliphatic heterocycles. The summed E-state index contributed by atoms with van der Waals surface area (Å²) in [5, 5.41) is 0. The molecule has 5 N–H and O–H groups in total. The van der Waals surface area contributed by atoms with Crippen LogP contribution in [0.2, 0.25) is 0 Å². The molecule has 0 saturated carbocycles. The number of hydrogen-bond donors (Lipinski definition) is 3. The van der Waals surface area contributed by atoms with Crippen LogP contribution >= 0.6 is 0 Å². The zero-order chi connectivity index (χ0) is 10.8. The first kappa shape index (κ1) is 9.92. The van der Waals surface area contributed by atoms with Crippen LogP contribution < -0.4 is 11.5 Å². The molecule has 5 nitrogen and oxygen atoms in total. The van der Waals surface area contributed by atoms with E-state index in [1.165, 1.54) is 0 Å². The van der Waals surface area contributed by atoms with E-state index in [-0.39, 0.29) is 6.04 Å². The van der Waals surface area contributed by atoms with Gasteiger partial charge < -0.3 is 16.5 Å². The van der Waals surface area contributed by atoms with Crippen molar-refractivity contribution >= 4 is 17.0 Å². The fraction of sp³-hybridized carbons (Fsp3) is 0.400. The molecule has 2 aromatic heterocycles. The first-order valence-electron chi connectivity index (χ1n) is 5.08. The molecule has 0 saturated heterocycles. The normalized spacial score (nSPS) is 13.2. The number of imidazole rings is 1. The molecule has 1 unspecified atom stereocenters. The molecule has 80 valence electrons. The van der Waals surface area contributed by atoms with Crippen molar-refractivity contribution in [2.75, 3.05) is 5.73 Å². The van der Waals surface area contributed by atoms with E-state index in [9.17, 15) is 0 Å². The Kier molecular flexibility index (Phi) is 2.55. The molecule has 0 aromatic carbocycles. The predicted octanol–water partition coefficient (Wildman–Crippen LogP) is 1.34. The van der Waals surface area contributed by atoms with Crippen molar-refractivity contribution in [3.63, 3.8) is 0 Å². The molecule has 2 rings (SSSR count). The fourth-order valence-corrected chi connectivity index (χ4v) is 1.55. The van der Waals surface area contributed by atoms with Gasteiger partial charge in [0, 0.05) is 0 Å². The highest BCUT2D eigenvalue weighted by Crippen LogP contribution is 2.17. The molecule has 0 radical (unpaired) electrons. The van der Waals surface area contributed by atoms with Crippen LogP contribution in [0.5, 0.6) is 0 Å². The molecule has 0 fully saturated rings. The zero-order valence-corrected chi connectivity index (χ0v) is 8.70. The largest absolute Gasteiger partial charge is 0.384 e. The van der Waals surface area contributed by atoms with Gasteiger partial charge in [-0.25, -0.2) is 9.97 Å². The predicted molar refractivity (Wildman–Crippen MR) is 60.1 cm³/mol. The number of aromatic nitrogens is 3. The van der Waals surface area contributed by atoms with Gasteiger partial charge in [-0.3, -0.25) is 0 Å². The first-order valence-corrected chi connectivity index (χ1v) is 5.08. The Labute approximate surface area is 87.9 Å². The zero-order valence-electron chi connectivity index (χ0n) is 8.70. The lowest BCUT2D eigenvalue weighted by Crippen LogP contribution is -2.11. The second kappa shape index (κ2) is 3.86. The number of anilines is 1. The van der Waals surface area contributed by atoms with E-state index in [4.69, 9.17) is 11.5 Å². The van der Waals surface area contributed by atoms with E-state index >= 15 is 0 Å². The number of hydrogen-bond acceptors (Lipinski definition) is 4. The minimum atomic E-state index is -0.0505. The third-order valence-electron chi connectivity index (χ3n) is 2.34. The summed E-state index contributed by atoms with van der Waals surface area (Å²) in [6, 6.07) is 3.56. The Morgan fingerprint density at radius 3 is 2.93 bits per heavy atom. The molecule has 0 amide bonds. The number of pyridine rings is 1. The maximum absolute atomic E-state index is 5.95. The molecule has 1 atom stereocenters. The van der Waals surface area contributed by atoms with Crippen LogP contribution in [-0.2, 0) is 0 Å². The van der Waals surface area contributed by atoms with E-state index in [1.54, 1.807) is 6.07 Å². The monoisotopic (exact) mass is 205 g/mol. The van der Waals surface area contributed by atoms with Gasteiger partial charge in [-0.15, -0.1) is 0 Å². The van der Waals surface area contributed by atoms with E-state index < -0.39 is 0 Å². The van der Waals surface area contributed by atoms with Crippen molar-refractivity contribution in [1.29, 1.82) is 0 Å². The minimum Gasteiger partial charge on any atom is -0.384 e. The van der Waals surface area contributed by atoms with Crippen molar-refractivity contribution in [3.05, 3.63) is 18.0 Å². The topological polar surface area (TPSA) is 93.6 Å². The van der Waals surface area contributed by atoms with E-state index in [2.05, 4.69) is 21.9 Å². The van der Waals surface area contributed by atoms with Crippen molar-refractivity contribution in [1.82, 2.24) is 15.0 Å². The lowest BCUT2D eigenvalue weighted by Gasteiger charge is -2.04. The smallest absolute Gasteiger partial charge is 0.179 e. The maximum Gasteiger partial charge on any atom is 0.179 e. The van der Waals surface area contributed by atoms with Crippen LogP contribution in [0.3, 0.4) is 0 Å². The minimum absolute atomic E-state index is 0.0505. The van der Waals surface area contributed by atoms with Gasteiger partial charge in [-0.1, -0.05) is 13.3 Å². The third-order valence-corrected chi connectivity index (χ3v) is 2.34. The molecule has 0 spiro atoms. The molecule has 15 heavy (non-hydrogen) atoms. The highest BCUT2D eigenvalue weighted by atomic mass is 15.0. The van der Waals surface area contributed by atoms with E-state index in [1.807, 2.05) is 6.07 Å². The van der Waals surface area contributed by atoms with Crippen molar-refractivity contribution in [2.45, 2.75) is 25.8 Å². The van der Waals surface area contributed by atoms with Crippen LogP contribution in [0.25, 0.3) is 11.2 Å². The second-order valence-corrected chi connectivity index (χ2v) is 3.62. The third kappa shape index (κ3) is 1.92.